The number of carboxylic acids is 1. The van der Waals surface area contributed by atoms with Crippen LogP contribution in [0.25, 0.3) is 0 Å². The van der Waals surface area contributed by atoms with Crippen molar-refractivity contribution in [2.45, 2.75) is 18.9 Å². The van der Waals surface area contributed by atoms with Crippen molar-refractivity contribution in [2.24, 2.45) is 0 Å². The number of nitrogens with one attached hydrogen (secondary N) is 2. The van der Waals surface area contributed by atoms with E-state index in [0.717, 1.165) is 6.26 Å². The summed E-state index contributed by atoms with van der Waals surface area (Å²) < 4.78 is 23.6. The third kappa shape index (κ3) is 11.4. The summed E-state index contributed by atoms with van der Waals surface area (Å²) >= 11 is 0. The molecule has 1 unspecified atom stereocenters. The Bertz CT molecular complexity index is 304. The van der Waals surface area contributed by atoms with Crippen LogP contribution in [-0.2, 0) is 14.8 Å². The first-order valence-electron chi connectivity index (χ1n) is 4.86. The van der Waals surface area contributed by atoms with Crippen molar-refractivity contribution in [3.8, 4) is 0 Å². The van der Waals surface area contributed by atoms with E-state index >= 15 is 0 Å². The van der Waals surface area contributed by atoms with Crippen LogP contribution in [0, 0.1) is 0 Å². The summed E-state index contributed by atoms with van der Waals surface area (Å²) in [6.07, 6.45) is 0.443. The molecule has 4 N–H and O–H groups in total. The second-order valence-corrected chi connectivity index (χ2v) is 5.31. The lowest BCUT2D eigenvalue weighted by atomic mass is 10.2. The van der Waals surface area contributed by atoms with Gasteiger partial charge in [0.1, 0.15) is 0 Å². The lowest BCUT2D eigenvalue weighted by molar-refractivity contribution is -0.139. The zero-order valence-electron chi connectivity index (χ0n) is 9.14. The summed E-state index contributed by atoms with van der Waals surface area (Å²) in [6.45, 7) is 1.02. The van der Waals surface area contributed by atoms with E-state index in [4.69, 9.17) is 10.2 Å². The van der Waals surface area contributed by atoms with Gasteiger partial charge in [0.05, 0.1) is 18.8 Å². The van der Waals surface area contributed by atoms with Crippen LogP contribution in [0.15, 0.2) is 0 Å². The van der Waals surface area contributed by atoms with Crippen molar-refractivity contribution in [1.29, 1.82) is 0 Å². The van der Waals surface area contributed by atoms with E-state index < -0.39 is 22.1 Å². The van der Waals surface area contributed by atoms with Crippen LogP contribution in [0.2, 0.25) is 0 Å². The van der Waals surface area contributed by atoms with E-state index in [9.17, 15) is 13.2 Å². The zero-order chi connectivity index (χ0) is 12.6. The highest BCUT2D eigenvalue weighted by atomic mass is 32.2. The fraction of sp³-hybridized carbons (Fsp3) is 0.875. The molecule has 96 valence electrons. The van der Waals surface area contributed by atoms with Gasteiger partial charge in [-0.15, -0.1) is 0 Å². The number of hydrogen-bond acceptors (Lipinski definition) is 5. The molecule has 0 spiro atoms. The second-order valence-electron chi connectivity index (χ2n) is 3.48. The van der Waals surface area contributed by atoms with Crippen LogP contribution < -0.4 is 10.0 Å². The van der Waals surface area contributed by atoms with Gasteiger partial charge >= 0.3 is 5.97 Å². The molecule has 0 aliphatic heterocycles. The zero-order valence-corrected chi connectivity index (χ0v) is 9.96. The SMILES string of the molecule is CS(=O)(=O)NCCCNCC(O)CC(=O)O. The minimum absolute atomic E-state index is 0.186. The van der Waals surface area contributed by atoms with Gasteiger partial charge in [0.15, 0.2) is 0 Å². The number of aliphatic hydroxyl groups is 1. The summed E-state index contributed by atoms with van der Waals surface area (Å²) in [6, 6.07) is 0. The Morgan fingerprint density at radius 2 is 2.00 bits per heavy atom. The van der Waals surface area contributed by atoms with Crippen LogP contribution in [0.5, 0.6) is 0 Å². The molecule has 0 aromatic rings. The molecule has 0 aromatic carbocycles. The third-order valence-electron chi connectivity index (χ3n) is 1.68. The molecule has 0 bridgehead atoms. The smallest absolute Gasteiger partial charge is 0.306 e. The number of carbonyl (C=O) groups is 1. The van der Waals surface area contributed by atoms with E-state index in [1.807, 2.05) is 0 Å². The number of hydrogen-bond donors (Lipinski definition) is 4. The molecule has 0 amide bonds. The van der Waals surface area contributed by atoms with E-state index in [1.165, 1.54) is 0 Å². The van der Waals surface area contributed by atoms with E-state index in [0.29, 0.717) is 19.5 Å². The maximum atomic E-state index is 10.7. The van der Waals surface area contributed by atoms with Crippen LogP contribution >= 0.6 is 0 Å². The number of aliphatic carboxylic acids is 1. The molecule has 0 aliphatic carbocycles. The standard InChI is InChI=1S/C8H18N2O5S/c1-16(14,15)10-4-2-3-9-6-7(11)5-8(12)13/h7,9-11H,2-6H2,1H3,(H,12,13). The minimum Gasteiger partial charge on any atom is -0.481 e. The maximum Gasteiger partial charge on any atom is 0.306 e. The molecule has 8 heteroatoms. The van der Waals surface area contributed by atoms with Gasteiger partial charge < -0.3 is 15.5 Å². The monoisotopic (exact) mass is 254 g/mol. The van der Waals surface area contributed by atoms with Crippen molar-refractivity contribution < 1.29 is 23.4 Å². The van der Waals surface area contributed by atoms with Gasteiger partial charge in [-0.3, -0.25) is 4.79 Å². The summed E-state index contributed by atoms with van der Waals surface area (Å²) in [5.74, 6) is -1.05. The Morgan fingerprint density at radius 3 is 2.50 bits per heavy atom. The van der Waals surface area contributed by atoms with Gasteiger partial charge in [0, 0.05) is 13.1 Å². The first-order valence-corrected chi connectivity index (χ1v) is 6.75. The normalized spacial score (nSPS) is 13.6. The molecule has 7 nitrogen and oxygen atoms in total. The van der Waals surface area contributed by atoms with Crippen LogP contribution in [0.1, 0.15) is 12.8 Å². The Labute approximate surface area is 94.9 Å². The summed E-state index contributed by atoms with van der Waals surface area (Å²) in [5.41, 5.74) is 0. The Kier molecular flexibility index (Phi) is 7.22. The Balaban J connectivity index is 3.37. The highest BCUT2D eigenvalue weighted by molar-refractivity contribution is 7.88. The molecule has 0 rings (SSSR count). The average Bonchev–Trinajstić information content (AvgIpc) is 2.07. The Morgan fingerprint density at radius 1 is 1.38 bits per heavy atom. The predicted molar refractivity (Wildman–Crippen MR) is 58.6 cm³/mol. The lowest BCUT2D eigenvalue weighted by Gasteiger charge is -2.09. The first kappa shape index (κ1) is 15.3. The van der Waals surface area contributed by atoms with Crippen LogP contribution in [0.4, 0.5) is 0 Å². The molecule has 1 atom stereocenters. The van der Waals surface area contributed by atoms with Gasteiger partial charge in [-0.05, 0) is 13.0 Å². The highest BCUT2D eigenvalue weighted by Crippen LogP contribution is 1.89. The van der Waals surface area contributed by atoms with Gasteiger partial charge in [0.25, 0.3) is 0 Å². The third-order valence-corrected chi connectivity index (χ3v) is 2.41. The minimum atomic E-state index is -3.15. The summed E-state index contributed by atoms with van der Waals surface area (Å²) in [7, 11) is -3.15. The van der Waals surface area contributed by atoms with Gasteiger partial charge in [0.2, 0.25) is 10.0 Å². The molecule has 0 fully saturated rings. The molecule has 0 aliphatic rings. The number of sulfonamides is 1. The lowest BCUT2D eigenvalue weighted by Crippen LogP contribution is -2.31. The van der Waals surface area contributed by atoms with Crippen LogP contribution in [0.3, 0.4) is 0 Å². The average molecular weight is 254 g/mol. The molecular weight excluding hydrogens is 236 g/mol. The van der Waals surface area contributed by atoms with Crippen molar-refractivity contribution in [3.05, 3.63) is 0 Å². The fourth-order valence-corrected chi connectivity index (χ4v) is 1.53. The number of carboxylic acid groups (broad SMARTS) is 1. The molecular formula is C8H18N2O5S. The molecule has 0 radical (unpaired) electrons. The van der Waals surface area contributed by atoms with E-state index in [2.05, 4.69) is 10.0 Å². The summed E-state index contributed by atoms with van der Waals surface area (Å²) in [4.78, 5) is 10.2. The molecule has 0 aromatic heterocycles. The number of rotatable bonds is 9. The molecule has 0 saturated heterocycles. The molecule has 0 heterocycles. The summed E-state index contributed by atoms with van der Waals surface area (Å²) in [5, 5.41) is 20.3. The van der Waals surface area contributed by atoms with Crippen molar-refractivity contribution in [1.82, 2.24) is 10.0 Å². The number of aliphatic hydroxyl groups excluding tert-OH is 1. The van der Waals surface area contributed by atoms with Crippen molar-refractivity contribution >= 4 is 16.0 Å². The largest absolute Gasteiger partial charge is 0.481 e. The van der Waals surface area contributed by atoms with E-state index in [-0.39, 0.29) is 13.0 Å². The second kappa shape index (κ2) is 7.55. The van der Waals surface area contributed by atoms with Gasteiger partial charge in [-0.25, -0.2) is 13.1 Å². The quantitative estimate of drug-likeness (QED) is 0.366. The molecule has 0 saturated carbocycles. The van der Waals surface area contributed by atoms with Crippen molar-refractivity contribution in [2.75, 3.05) is 25.9 Å². The van der Waals surface area contributed by atoms with Crippen molar-refractivity contribution in [3.63, 3.8) is 0 Å². The maximum absolute atomic E-state index is 10.7. The fourth-order valence-electron chi connectivity index (χ4n) is 1.01. The topological polar surface area (TPSA) is 116 Å². The Hall–Kier alpha value is -0.700. The highest BCUT2D eigenvalue weighted by Gasteiger charge is 2.08. The van der Waals surface area contributed by atoms with Gasteiger partial charge in [-0.2, -0.15) is 0 Å². The molecule has 16 heavy (non-hydrogen) atoms. The van der Waals surface area contributed by atoms with Crippen LogP contribution in [-0.4, -0.2) is 56.6 Å². The predicted octanol–water partition coefficient (Wildman–Crippen LogP) is -1.65. The van der Waals surface area contributed by atoms with E-state index in [1.54, 1.807) is 0 Å². The first-order chi connectivity index (χ1) is 7.31. The van der Waals surface area contributed by atoms with Gasteiger partial charge in [-0.1, -0.05) is 0 Å².